The molecule has 0 radical (unpaired) electrons. The molecule has 0 unspecified atom stereocenters. The van der Waals surface area contributed by atoms with Crippen molar-refractivity contribution in [2.45, 2.75) is 43.2 Å². The smallest absolute Gasteiger partial charge is 0.267 e. The van der Waals surface area contributed by atoms with Crippen LogP contribution in [0.15, 0.2) is 58.5 Å². The minimum Gasteiger partial charge on any atom is -0.267 e. The Labute approximate surface area is 157 Å². The van der Waals surface area contributed by atoms with Gasteiger partial charge in [0.2, 0.25) is 10.0 Å². The highest BCUT2D eigenvalue weighted by atomic mass is 32.2. The maximum absolute atomic E-state index is 12.8. The Hall–Kier alpha value is -2.58. The van der Waals surface area contributed by atoms with Gasteiger partial charge in [0, 0.05) is 17.8 Å². The van der Waals surface area contributed by atoms with Crippen LogP contribution < -0.4 is 10.3 Å². The number of aromatic nitrogens is 3. The summed E-state index contributed by atoms with van der Waals surface area (Å²) < 4.78 is 29.1. The van der Waals surface area contributed by atoms with Gasteiger partial charge in [-0.3, -0.25) is 9.78 Å². The molecule has 0 bridgehead atoms. The SMILES string of the molecule is O=c1c2ccccc2c(CNS(=O)(=O)c2cccnc2)nn1C1CCCC1. The number of hydrogen-bond donors (Lipinski definition) is 1. The normalized spacial score (nSPS) is 15.4. The molecule has 0 spiro atoms. The van der Waals surface area contributed by atoms with E-state index in [0.717, 1.165) is 25.7 Å². The molecule has 1 saturated carbocycles. The molecule has 2 aromatic heterocycles. The third-order valence-electron chi connectivity index (χ3n) is 4.95. The van der Waals surface area contributed by atoms with Gasteiger partial charge in [-0.05, 0) is 31.0 Å². The maximum Gasteiger partial charge on any atom is 0.274 e. The van der Waals surface area contributed by atoms with E-state index in [9.17, 15) is 13.2 Å². The van der Waals surface area contributed by atoms with Crippen molar-refractivity contribution in [3.8, 4) is 0 Å². The molecule has 27 heavy (non-hydrogen) atoms. The Kier molecular flexibility index (Phi) is 4.75. The standard InChI is InChI=1S/C19H20N4O3S/c24-19-17-10-4-3-9-16(17)18(22-23(19)14-6-1-2-7-14)13-21-27(25,26)15-8-5-11-20-12-15/h3-5,8-12,14,21H,1-2,6-7,13H2. The Bertz CT molecular complexity index is 1120. The summed E-state index contributed by atoms with van der Waals surface area (Å²) >= 11 is 0. The topological polar surface area (TPSA) is 93.9 Å². The number of rotatable bonds is 5. The zero-order valence-corrected chi connectivity index (χ0v) is 15.5. The predicted molar refractivity (Wildman–Crippen MR) is 102 cm³/mol. The molecule has 0 atom stereocenters. The average molecular weight is 384 g/mol. The fraction of sp³-hybridized carbons (Fsp3) is 0.316. The average Bonchev–Trinajstić information content (AvgIpc) is 3.23. The molecule has 7 nitrogen and oxygen atoms in total. The minimum atomic E-state index is -3.71. The van der Waals surface area contributed by atoms with Gasteiger partial charge in [0.25, 0.3) is 5.56 Å². The fourth-order valence-electron chi connectivity index (χ4n) is 3.55. The summed E-state index contributed by atoms with van der Waals surface area (Å²) in [7, 11) is -3.71. The summed E-state index contributed by atoms with van der Waals surface area (Å²) in [4.78, 5) is 16.8. The van der Waals surface area contributed by atoms with Crippen molar-refractivity contribution in [1.29, 1.82) is 0 Å². The van der Waals surface area contributed by atoms with E-state index < -0.39 is 10.0 Å². The van der Waals surface area contributed by atoms with Gasteiger partial charge in [-0.2, -0.15) is 5.10 Å². The van der Waals surface area contributed by atoms with Crippen LogP contribution in [0.5, 0.6) is 0 Å². The molecule has 1 fully saturated rings. The van der Waals surface area contributed by atoms with Crippen LogP contribution in [0.4, 0.5) is 0 Å². The number of nitrogens with one attached hydrogen (secondary N) is 1. The molecular weight excluding hydrogens is 364 g/mol. The maximum atomic E-state index is 12.8. The van der Waals surface area contributed by atoms with Gasteiger partial charge >= 0.3 is 0 Å². The Morgan fingerprint density at radius 1 is 1.07 bits per heavy atom. The molecule has 1 aliphatic carbocycles. The van der Waals surface area contributed by atoms with Gasteiger partial charge in [0.05, 0.1) is 23.7 Å². The van der Waals surface area contributed by atoms with E-state index in [0.29, 0.717) is 16.5 Å². The number of sulfonamides is 1. The van der Waals surface area contributed by atoms with E-state index in [2.05, 4.69) is 14.8 Å². The zero-order chi connectivity index (χ0) is 18.9. The summed E-state index contributed by atoms with van der Waals surface area (Å²) in [6, 6.07) is 10.3. The Balaban J connectivity index is 1.73. The lowest BCUT2D eigenvalue weighted by molar-refractivity contribution is 0.441. The Morgan fingerprint density at radius 3 is 2.52 bits per heavy atom. The van der Waals surface area contributed by atoms with Gasteiger partial charge in [-0.15, -0.1) is 0 Å². The molecular formula is C19H20N4O3S. The highest BCUT2D eigenvalue weighted by Crippen LogP contribution is 2.28. The van der Waals surface area contributed by atoms with Crippen molar-refractivity contribution >= 4 is 20.8 Å². The lowest BCUT2D eigenvalue weighted by Gasteiger charge is -2.16. The Morgan fingerprint density at radius 2 is 1.81 bits per heavy atom. The molecule has 0 aliphatic heterocycles. The number of nitrogens with zero attached hydrogens (tertiary/aromatic N) is 3. The first-order chi connectivity index (χ1) is 13.1. The first-order valence-corrected chi connectivity index (χ1v) is 10.4. The second-order valence-electron chi connectivity index (χ2n) is 6.69. The van der Waals surface area contributed by atoms with Crippen molar-refractivity contribution in [1.82, 2.24) is 19.5 Å². The van der Waals surface area contributed by atoms with E-state index in [4.69, 9.17) is 0 Å². The molecule has 8 heteroatoms. The second-order valence-corrected chi connectivity index (χ2v) is 8.46. The molecule has 140 valence electrons. The van der Waals surface area contributed by atoms with Gasteiger partial charge in [-0.25, -0.2) is 17.8 Å². The van der Waals surface area contributed by atoms with Crippen molar-refractivity contribution in [2.75, 3.05) is 0 Å². The minimum absolute atomic E-state index is 0.00470. The highest BCUT2D eigenvalue weighted by molar-refractivity contribution is 7.89. The van der Waals surface area contributed by atoms with E-state index >= 15 is 0 Å². The third kappa shape index (κ3) is 3.50. The van der Waals surface area contributed by atoms with Gasteiger partial charge < -0.3 is 0 Å². The lowest BCUT2D eigenvalue weighted by atomic mass is 10.1. The summed E-state index contributed by atoms with van der Waals surface area (Å²) in [5.74, 6) is 0. The molecule has 2 heterocycles. The van der Waals surface area contributed by atoms with Crippen LogP contribution >= 0.6 is 0 Å². The quantitative estimate of drug-likeness (QED) is 0.729. The molecule has 0 amide bonds. The molecule has 1 aliphatic rings. The highest BCUT2D eigenvalue weighted by Gasteiger charge is 2.22. The first kappa shape index (κ1) is 17.8. The van der Waals surface area contributed by atoms with Gasteiger partial charge in [-0.1, -0.05) is 31.0 Å². The van der Waals surface area contributed by atoms with Crippen LogP contribution in [0.25, 0.3) is 10.8 Å². The summed E-state index contributed by atoms with van der Waals surface area (Å²) in [6.07, 6.45) is 6.82. The van der Waals surface area contributed by atoms with Crippen molar-refractivity contribution in [3.63, 3.8) is 0 Å². The van der Waals surface area contributed by atoms with Crippen LogP contribution in [0.1, 0.15) is 37.4 Å². The largest absolute Gasteiger partial charge is 0.274 e. The van der Waals surface area contributed by atoms with Crippen LogP contribution in [-0.4, -0.2) is 23.2 Å². The summed E-state index contributed by atoms with van der Waals surface area (Å²) in [6.45, 7) is 0.00470. The number of pyridine rings is 1. The van der Waals surface area contributed by atoms with Gasteiger partial charge in [0.1, 0.15) is 4.90 Å². The zero-order valence-electron chi connectivity index (χ0n) is 14.7. The van der Waals surface area contributed by atoms with Gasteiger partial charge in [0.15, 0.2) is 0 Å². The summed E-state index contributed by atoms with van der Waals surface area (Å²) in [5.41, 5.74) is 0.431. The number of hydrogen-bond acceptors (Lipinski definition) is 5. The predicted octanol–water partition coefficient (Wildman–Crippen LogP) is 2.39. The molecule has 1 N–H and O–H groups in total. The molecule has 3 aromatic rings. The molecule has 1 aromatic carbocycles. The van der Waals surface area contributed by atoms with Crippen molar-refractivity contribution < 1.29 is 8.42 Å². The molecule has 4 rings (SSSR count). The van der Waals surface area contributed by atoms with Crippen molar-refractivity contribution in [3.05, 3.63) is 64.8 Å². The van der Waals surface area contributed by atoms with Crippen LogP contribution in [0.2, 0.25) is 0 Å². The number of benzene rings is 1. The summed E-state index contributed by atoms with van der Waals surface area (Å²) in [5, 5.41) is 5.78. The van der Waals surface area contributed by atoms with E-state index in [1.54, 1.807) is 22.9 Å². The lowest BCUT2D eigenvalue weighted by Crippen LogP contribution is -2.30. The van der Waals surface area contributed by atoms with E-state index in [1.165, 1.54) is 18.5 Å². The fourth-order valence-corrected chi connectivity index (χ4v) is 4.50. The van der Waals surface area contributed by atoms with E-state index in [1.807, 2.05) is 12.1 Å². The van der Waals surface area contributed by atoms with Crippen molar-refractivity contribution in [2.24, 2.45) is 0 Å². The third-order valence-corrected chi connectivity index (χ3v) is 6.34. The van der Waals surface area contributed by atoms with Crippen LogP contribution in [0, 0.1) is 0 Å². The monoisotopic (exact) mass is 384 g/mol. The first-order valence-electron chi connectivity index (χ1n) is 8.96. The van der Waals surface area contributed by atoms with E-state index in [-0.39, 0.29) is 23.0 Å². The van der Waals surface area contributed by atoms with Crippen LogP contribution in [-0.2, 0) is 16.6 Å². The molecule has 0 saturated heterocycles. The second kappa shape index (κ2) is 7.21. The number of fused-ring (bicyclic) bond motifs is 1. The van der Waals surface area contributed by atoms with Crippen LogP contribution in [0.3, 0.4) is 0 Å².